The zero-order chi connectivity index (χ0) is 19.3. The maximum absolute atomic E-state index is 5.29. The van der Waals surface area contributed by atoms with E-state index in [-0.39, 0.29) is 0 Å². The Bertz CT molecular complexity index is 927. The van der Waals surface area contributed by atoms with E-state index in [0.29, 0.717) is 0 Å². The first-order chi connectivity index (χ1) is 13.7. The molecule has 8 heteroatoms. The van der Waals surface area contributed by atoms with Crippen molar-refractivity contribution >= 4 is 23.4 Å². The Kier molecular flexibility index (Phi) is 5.18. The van der Waals surface area contributed by atoms with Crippen LogP contribution in [0.4, 0.5) is 23.4 Å². The minimum absolute atomic E-state index is 0.735. The van der Waals surface area contributed by atoms with Crippen LogP contribution in [0.5, 0.6) is 5.75 Å². The summed E-state index contributed by atoms with van der Waals surface area (Å²) >= 11 is 0. The van der Waals surface area contributed by atoms with Crippen molar-refractivity contribution in [1.29, 1.82) is 0 Å². The van der Waals surface area contributed by atoms with Crippen LogP contribution in [0.2, 0.25) is 0 Å². The molecule has 1 aliphatic heterocycles. The normalized spacial score (nSPS) is 14.1. The van der Waals surface area contributed by atoms with E-state index in [4.69, 9.17) is 9.72 Å². The Morgan fingerprint density at radius 2 is 1.61 bits per heavy atom. The summed E-state index contributed by atoms with van der Waals surface area (Å²) in [6.45, 7) is 5.29. The van der Waals surface area contributed by atoms with Crippen molar-refractivity contribution in [1.82, 2.24) is 19.9 Å². The molecule has 0 saturated carbocycles. The number of nitrogens with zero attached hydrogens (tertiary/aromatic N) is 6. The Morgan fingerprint density at radius 1 is 0.893 bits per heavy atom. The van der Waals surface area contributed by atoms with E-state index in [1.807, 2.05) is 43.3 Å². The third kappa shape index (κ3) is 4.11. The first-order valence-electron chi connectivity index (χ1n) is 9.25. The van der Waals surface area contributed by atoms with Crippen LogP contribution < -0.4 is 19.9 Å². The van der Waals surface area contributed by atoms with Gasteiger partial charge in [-0.2, -0.15) is 4.98 Å². The Balaban J connectivity index is 1.47. The van der Waals surface area contributed by atoms with Crippen LogP contribution in [0.15, 0.2) is 48.8 Å². The van der Waals surface area contributed by atoms with Crippen LogP contribution in [0.1, 0.15) is 5.69 Å². The van der Waals surface area contributed by atoms with E-state index in [1.54, 1.807) is 19.5 Å². The van der Waals surface area contributed by atoms with Gasteiger partial charge < -0.3 is 19.9 Å². The Morgan fingerprint density at radius 3 is 2.32 bits per heavy atom. The molecule has 0 spiro atoms. The van der Waals surface area contributed by atoms with Gasteiger partial charge in [0, 0.05) is 62.1 Å². The molecular formula is C20H23N7O. The van der Waals surface area contributed by atoms with Crippen molar-refractivity contribution in [3.63, 3.8) is 0 Å². The molecule has 1 aromatic carbocycles. The lowest BCUT2D eigenvalue weighted by Gasteiger charge is -2.34. The third-order valence-electron chi connectivity index (χ3n) is 4.58. The van der Waals surface area contributed by atoms with E-state index in [9.17, 15) is 0 Å². The molecule has 1 aliphatic rings. The van der Waals surface area contributed by atoms with Crippen LogP contribution in [0.25, 0.3) is 0 Å². The van der Waals surface area contributed by atoms with Gasteiger partial charge in [-0.3, -0.25) is 0 Å². The van der Waals surface area contributed by atoms with Gasteiger partial charge in [0.2, 0.25) is 11.9 Å². The number of hydrogen-bond acceptors (Lipinski definition) is 8. The lowest BCUT2D eigenvalue weighted by molar-refractivity contribution is 0.415. The predicted molar refractivity (Wildman–Crippen MR) is 110 cm³/mol. The first kappa shape index (κ1) is 18.0. The molecule has 1 fully saturated rings. The van der Waals surface area contributed by atoms with Crippen LogP contribution in [0, 0.1) is 6.92 Å². The molecule has 2 aromatic heterocycles. The fourth-order valence-corrected chi connectivity index (χ4v) is 3.17. The highest BCUT2D eigenvalue weighted by atomic mass is 16.5. The average molecular weight is 377 g/mol. The average Bonchev–Trinajstić information content (AvgIpc) is 2.74. The van der Waals surface area contributed by atoms with Gasteiger partial charge in [-0.15, -0.1) is 0 Å². The standard InChI is InChI=1S/C20H23N7O/c1-15-13-18(24-16-5-3-6-17(14-16)28-2)25-20(23-15)27-11-9-26(10-12-27)19-21-7-4-8-22-19/h3-8,13-14H,9-12H2,1-2H3,(H,23,24,25). The molecule has 3 heterocycles. The summed E-state index contributed by atoms with van der Waals surface area (Å²) in [5.41, 5.74) is 1.85. The number of rotatable bonds is 5. The topological polar surface area (TPSA) is 79.3 Å². The maximum atomic E-state index is 5.29. The van der Waals surface area contributed by atoms with Crippen molar-refractivity contribution in [3.8, 4) is 5.75 Å². The van der Waals surface area contributed by atoms with Crippen molar-refractivity contribution in [2.75, 3.05) is 48.4 Å². The van der Waals surface area contributed by atoms with Gasteiger partial charge in [0.15, 0.2) is 0 Å². The summed E-state index contributed by atoms with van der Waals surface area (Å²) in [5.74, 6) is 3.08. The summed E-state index contributed by atoms with van der Waals surface area (Å²) in [4.78, 5) is 22.4. The molecule has 0 radical (unpaired) electrons. The second-order valence-electron chi connectivity index (χ2n) is 6.57. The molecule has 0 unspecified atom stereocenters. The van der Waals surface area contributed by atoms with Crippen LogP contribution in [-0.2, 0) is 0 Å². The van der Waals surface area contributed by atoms with E-state index < -0.39 is 0 Å². The zero-order valence-electron chi connectivity index (χ0n) is 16.0. The number of aryl methyl sites for hydroxylation is 1. The van der Waals surface area contributed by atoms with Crippen LogP contribution >= 0.6 is 0 Å². The molecule has 0 atom stereocenters. The molecule has 28 heavy (non-hydrogen) atoms. The van der Waals surface area contributed by atoms with E-state index >= 15 is 0 Å². The fourth-order valence-electron chi connectivity index (χ4n) is 3.17. The summed E-state index contributed by atoms with van der Waals surface area (Å²) in [6.07, 6.45) is 3.55. The highest BCUT2D eigenvalue weighted by Gasteiger charge is 2.21. The molecular weight excluding hydrogens is 354 g/mol. The summed E-state index contributed by atoms with van der Waals surface area (Å²) in [6, 6.07) is 11.6. The Labute approximate surface area is 164 Å². The number of benzene rings is 1. The van der Waals surface area contributed by atoms with E-state index in [1.165, 1.54) is 0 Å². The van der Waals surface area contributed by atoms with Gasteiger partial charge in [0.05, 0.1) is 7.11 Å². The third-order valence-corrected chi connectivity index (χ3v) is 4.58. The smallest absolute Gasteiger partial charge is 0.227 e. The lowest BCUT2D eigenvalue weighted by Crippen LogP contribution is -2.47. The number of anilines is 4. The number of piperazine rings is 1. The van der Waals surface area contributed by atoms with Crippen molar-refractivity contribution in [2.24, 2.45) is 0 Å². The fraction of sp³-hybridized carbons (Fsp3) is 0.300. The lowest BCUT2D eigenvalue weighted by atomic mass is 10.3. The predicted octanol–water partition coefficient (Wildman–Crippen LogP) is 2.65. The molecule has 144 valence electrons. The quantitative estimate of drug-likeness (QED) is 0.727. The SMILES string of the molecule is COc1cccc(Nc2cc(C)nc(N3CCN(c4ncccn4)CC3)n2)c1. The number of hydrogen-bond donors (Lipinski definition) is 1. The number of ether oxygens (including phenoxy) is 1. The van der Waals surface area contributed by atoms with Gasteiger partial charge >= 0.3 is 0 Å². The maximum Gasteiger partial charge on any atom is 0.227 e. The second kappa shape index (κ2) is 8.08. The van der Waals surface area contributed by atoms with Gasteiger partial charge in [-0.1, -0.05) is 6.07 Å². The van der Waals surface area contributed by atoms with E-state index in [2.05, 4.69) is 30.1 Å². The van der Waals surface area contributed by atoms with Gasteiger partial charge in [-0.25, -0.2) is 15.0 Å². The molecule has 0 amide bonds. The monoisotopic (exact) mass is 377 g/mol. The van der Waals surface area contributed by atoms with Gasteiger partial charge in [0.25, 0.3) is 0 Å². The molecule has 0 bridgehead atoms. The Hall–Kier alpha value is -3.42. The van der Waals surface area contributed by atoms with Crippen LogP contribution in [-0.4, -0.2) is 53.2 Å². The molecule has 8 nitrogen and oxygen atoms in total. The largest absolute Gasteiger partial charge is 0.497 e. The molecule has 3 aromatic rings. The molecule has 1 N–H and O–H groups in total. The number of nitrogens with one attached hydrogen (secondary N) is 1. The molecule has 0 aliphatic carbocycles. The highest BCUT2D eigenvalue weighted by Crippen LogP contribution is 2.23. The number of methoxy groups -OCH3 is 1. The van der Waals surface area contributed by atoms with Crippen molar-refractivity contribution in [2.45, 2.75) is 6.92 Å². The summed E-state index contributed by atoms with van der Waals surface area (Å²) in [5, 5.41) is 3.35. The van der Waals surface area contributed by atoms with Crippen molar-refractivity contribution in [3.05, 3.63) is 54.5 Å². The van der Waals surface area contributed by atoms with Crippen LogP contribution in [0.3, 0.4) is 0 Å². The summed E-state index contributed by atoms with van der Waals surface area (Å²) < 4.78 is 5.29. The zero-order valence-corrected chi connectivity index (χ0v) is 16.0. The van der Waals surface area contributed by atoms with Gasteiger partial charge in [0.1, 0.15) is 11.6 Å². The first-order valence-corrected chi connectivity index (χ1v) is 9.25. The van der Waals surface area contributed by atoms with Crippen molar-refractivity contribution < 1.29 is 4.74 Å². The molecule has 4 rings (SSSR count). The molecule has 1 saturated heterocycles. The minimum Gasteiger partial charge on any atom is -0.497 e. The minimum atomic E-state index is 0.735. The summed E-state index contributed by atoms with van der Waals surface area (Å²) in [7, 11) is 1.66. The number of aromatic nitrogens is 4. The van der Waals surface area contributed by atoms with Gasteiger partial charge in [-0.05, 0) is 25.1 Å². The van der Waals surface area contributed by atoms with E-state index in [0.717, 1.165) is 61.0 Å². The second-order valence-corrected chi connectivity index (χ2v) is 6.57. The highest BCUT2D eigenvalue weighted by molar-refractivity contribution is 5.59.